The fourth-order valence-electron chi connectivity index (χ4n) is 5.99. The highest BCUT2D eigenvalue weighted by molar-refractivity contribution is 6.63. The lowest BCUT2D eigenvalue weighted by Crippen LogP contribution is -2.56. The molecule has 1 aromatic rings. The molecule has 0 aromatic heterocycles. The van der Waals surface area contributed by atoms with Crippen LogP contribution in [-0.4, -0.2) is 24.8 Å². The van der Waals surface area contributed by atoms with E-state index in [-0.39, 0.29) is 20.1 Å². The molecule has 2 aliphatic heterocycles. The summed E-state index contributed by atoms with van der Waals surface area (Å²) in [4.78, 5) is -2.71. The first-order valence-corrected chi connectivity index (χ1v) is 12.3. The van der Waals surface area contributed by atoms with Gasteiger partial charge in [-0.3, -0.25) is 0 Å². The maximum absolute atomic E-state index is 7.14. The lowest BCUT2D eigenvalue weighted by molar-refractivity contribution is -0.0534. The summed E-state index contributed by atoms with van der Waals surface area (Å²) in [5.74, 6) is -0.905. The van der Waals surface area contributed by atoms with Gasteiger partial charge in [-0.25, -0.2) is 0 Å². The summed E-state index contributed by atoms with van der Waals surface area (Å²) < 4.78 is 4.91. The van der Waals surface area contributed by atoms with E-state index >= 15 is 0 Å². The summed E-state index contributed by atoms with van der Waals surface area (Å²) >= 11 is 67.1. The van der Waals surface area contributed by atoms with Crippen LogP contribution in [0.2, 0.25) is 20.1 Å². The molecule has 2 aliphatic carbocycles. The van der Waals surface area contributed by atoms with Crippen molar-refractivity contribution in [1.29, 1.82) is 0 Å². The molecule has 28 heavy (non-hydrogen) atoms. The predicted molar refractivity (Wildman–Crippen MR) is 120 cm³/mol. The first kappa shape index (κ1) is 21.9. The van der Waals surface area contributed by atoms with Crippen molar-refractivity contribution in [3.05, 3.63) is 31.2 Å². The molecule has 11 heteroatoms. The van der Waals surface area contributed by atoms with Crippen LogP contribution in [0.3, 0.4) is 0 Å². The van der Waals surface area contributed by atoms with E-state index in [1.54, 1.807) is 0 Å². The van der Waals surface area contributed by atoms with Crippen molar-refractivity contribution >= 4 is 116 Å². The Labute approximate surface area is 212 Å². The number of benzene rings is 1. The van der Waals surface area contributed by atoms with Crippen molar-refractivity contribution in [2.45, 2.75) is 49.9 Å². The standard InChI is InChI=1S/C17H10Cl10O/c1-2-14-4-3(6(18)8(20)9(21)7(4)19)10(28-14)5-11(14)16(25)13(23)12(22)15(5,24)17(16,26)27/h5,10-13H,2H2,1H3/t5-,10+,11-,12?,13?,14-,15-,16+/m0/s1. The molecule has 5 rings (SSSR count). The van der Waals surface area contributed by atoms with Crippen molar-refractivity contribution in [2.24, 2.45) is 11.8 Å². The van der Waals surface area contributed by atoms with Gasteiger partial charge in [0.2, 0.25) is 0 Å². The van der Waals surface area contributed by atoms with Gasteiger partial charge in [-0.05, 0) is 6.42 Å². The second-order valence-electron chi connectivity index (χ2n) is 7.74. The fourth-order valence-corrected chi connectivity index (χ4v) is 10.6. The molecule has 4 bridgehead atoms. The zero-order valence-corrected chi connectivity index (χ0v) is 21.3. The highest BCUT2D eigenvalue weighted by Crippen LogP contribution is 2.85. The van der Waals surface area contributed by atoms with Gasteiger partial charge < -0.3 is 4.74 Å². The average Bonchev–Trinajstić information content (AvgIpc) is 3.25. The summed E-state index contributed by atoms with van der Waals surface area (Å²) in [6.07, 6.45) is -0.104. The number of halogens is 10. The first-order valence-electron chi connectivity index (χ1n) is 8.43. The molecule has 1 aromatic carbocycles. The minimum Gasteiger partial charge on any atom is -0.361 e. The van der Waals surface area contributed by atoms with Crippen LogP contribution in [0.15, 0.2) is 0 Å². The van der Waals surface area contributed by atoms with Crippen molar-refractivity contribution < 1.29 is 4.74 Å². The Morgan fingerprint density at radius 3 is 1.93 bits per heavy atom. The van der Waals surface area contributed by atoms with Crippen LogP contribution < -0.4 is 0 Å². The topological polar surface area (TPSA) is 9.23 Å². The quantitative estimate of drug-likeness (QED) is 0.183. The van der Waals surface area contributed by atoms with Crippen molar-refractivity contribution in [3.63, 3.8) is 0 Å². The summed E-state index contributed by atoms with van der Waals surface area (Å²) in [6, 6.07) is 0. The monoisotopic (exact) mass is 580 g/mol. The lowest BCUT2D eigenvalue weighted by atomic mass is 9.61. The Morgan fingerprint density at radius 1 is 0.821 bits per heavy atom. The van der Waals surface area contributed by atoms with Gasteiger partial charge in [-0.2, -0.15) is 0 Å². The smallest absolute Gasteiger partial charge is 0.160 e. The summed E-state index contributed by atoms with van der Waals surface area (Å²) in [5, 5.41) is -0.748. The van der Waals surface area contributed by atoms with E-state index < -0.39 is 48.4 Å². The number of hydrogen-bond acceptors (Lipinski definition) is 1. The predicted octanol–water partition coefficient (Wildman–Crippen LogP) is 8.59. The average molecular weight is 585 g/mol. The number of rotatable bonds is 1. The maximum atomic E-state index is 7.14. The number of alkyl halides is 6. The molecule has 2 saturated carbocycles. The number of ether oxygens (including phenoxy) is 1. The minimum atomic E-state index is -1.62. The van der Waals surface area contributed by atoms with Crippen LogP contribution in [0.4, 0.5) is 0 Å². The zero-order valence-electron chi connectivity index (χ0n) is 13.8. The van der Waals surface area contributed by atoms with Crippen molar-refractivity contribution in [1.82, 2.24) is 0 Å². The van der Waals surface area contributed by atoms with E-state index in [4.69, 9.17) is 121 Å². The molecule has 1 nitrogen and oxygen atoms in total. The van der Waals surface area contributed by atoms with Crippen molar-refractivity contribution in [2.75, 3.05) is 0 Å². The van der Waals surface area contributed by atoms with Gasteiger partial charge in [0.05, 0.1) is 36.9 Å². The highest BCUT2D eigenvalue weighted by Gasteiger charge is 2.92. The second kappa shape index (κ2) is 6.15. The largest absolute Gasteiger partial charge is 0.361 e. The molecule has 2 heterocycles. The molecule has 0 amide bonds. The van der Waals surface area contributed by atoms with Crippen LogP contribution in [0.25, 0.3) is 0 Å². The molecule has 0 radical (unpaired) electrons. The molecule has 2 unspecified atom stereocenters. The number of fused-ring (bicyclic) bond motifs is 12. The van der Waals surface area contributed by atoms with E-state index in [0.29, 0.717) is 17.5 Å². The Kier molecular flexibility index (Phi) is 4.81. The zero-order chi connectivity index (χ0) is 20.8. The van der Waals surface area contributed by atoms with E-state index in [1.165, 1.54) is 0 Å². The van der Waals surface area contributed by atoms with E-state index in [0.717, 1.165) is 0 Å². The third-order valence-electron chi connectivity index (χ3n) is 7.02. The fraction of sp³-hybridized carbons (Fsp3) is 0.647. The normalized spacial score (nSPS) is 49.6. The van der Waals surface area contributed by atoms with Crippen LogP contribution >= 0.6 is 116 Å². The third-order valence-corrected chi connectivity index (χ3v) is 13.5. The summed E-state index contributed by atoms with van der Waals surface area (Å²) in [7, 11) is 0. The Balaban J connectivity index is 1.88. The van der Waals surface area contributed by atoms with Gasteiger partial charge in [0.15, 0.2) is 4.33 Å². The van der Waals surface area contributed by atoms with Gasteiger partial charge in [0, 0.05) is 23.0 Å². The maximum Gasteiger partial charge on any atom is 0.160 e. The molecule has 1 saturated heterocycles. The van der Waals surface area contributed by atoms with Crippen molar-refractivity contribution in [3.8, 4) is 0 Å². The van der Waals surface area contributed by atoms with Crippen LogP contribution in [0.1, 0.15) is 30.6 Å². The molecular formula is C17H10Cl10O. The molecule has 154 valence electrons. The minimum absolute atomic E-state index is 0.152. The van der Waals surface area contributed by atoms with Gasteiger partial charge >= 0.3 is 0 Å². The SMILES string of the molecule is CC[C@]12O[C@H](c3c(Cl)c(Cl)c(Cl)c(Cl)c31)[C@H]1[C@@H]2[C@@]2(Cl)C(Cl)C(Cl)[C@]1(Cl)C2(Cl)Cl. The van der Waals surface area contributed by atoms with E-state index in [2.05, 4.69) is 0 Å². The molecule has 3 fully saturated rings. The lowest BCUT2D eigenvalue weighted by Gasteiger charge is -2.47. The summed E-state index contributed by atoms with van der Waals surface area (Å²) in [6.45, 7) is 1.94. The molecule has 4 aliphatic rings. The van der Waals surface area contributed by atoms with Crippen LogP contribution in [0.5, 0.6) is 0 Å². The Hall–Kier alpha value is 2.08. The van der Waals surface area contributed by atoms with Gasteiger partial charge in [-0.15, -0.1) is 46.4 Å². The molecule has 0 N–H and O–H groups in total. The third kappa shape index (κ3) is 1.90. The molecule has 8 atom stereocenters. The highest BCUT2D eigenvalue weighted by atomic mass is 35.5. The second-order valence-corrected chi connectivity index (χ2v) is 12.8. The van der Waals surface area contributed by atoms with E-state index in [1.807, 2.05) is 6.92 Å². The Bertz CT molecular complexity index is 935. The Morgan fingerprint density at radius 2 is 1.36 bits per heavy atom. The molecular weight excluding hydrogens is 575 g/mol. The van der Waals surface area contributed by atoms with Gasteiger partial charge in [0.25, 0.3) is 0 Å². The van der Waals surface area contributed by atoms with Crippen LogP contribution in [-0.2, 0) is 10.3 Å². The van der Waals surface area contributed by atoms with Gasteiger partial charge in [-0.1, -0.05) is 76.5 Å². The number of hydrogen-bond donors (Lipinski definition) is 0. The first-order chi connectivity index (χ1) is 12.9. The molecule has 0 spiro atoms. The van der Waals surface area contributed by atoms with Gasteiger partial charge in [0.1, 0.15) is 15.3 Å². The van der Waals surface area contributed by atoms with Crippen LogP contribution in [0, 0.1) is 11.8 Å². The summed E-state index contributed by atoms with van der Waals surface area (Å²) in [5.41, 5.74) is 0.308. The van der Waals surface area contributed by atoms with E-state index in [9.17, 15) is 0 Å².